The number of carbonyl (C=O) groups is 1. The van der Waals surface area contributed by atoms with Crippen molar-refractivity contribution in [1.29, 1.82) is 0 Å². The Morgan fingerprint density at radius 2 is 2.05 bits per heavy atom. The Labute approximate surface area is 136 Å². The average molecular weight is 326 g/mol. The fraction of sp³-hybridized carbons (Fsp3) is 0.562. The van der Waals surface area contributed by atoms with Crippen LogP contribution < -0.4 is 16.6 Å². The fourth-order valence-corrected chi connectivity index (χ4v) is 3.20. The van der Waals surface area contributed by atoms with E-state index in [1.54, 1.807) is 24.3 Å². The molecule has 0 aromatic heterocycles. The van der Waals surface area contributed by atoms with Gasteiger partial charge in [-0.15, -0.1) is 0 Å². The molecular formula is C16H24ClN3O2. The third kappa shape index (κ3) is 4.43. The highest BCUT2D eigenvalue weighted by Gasteiger charge is 2.29. The number of halogens is 1. The minimum atomic E-state index is -1.30. The third-order valence-electron chi connectivity index (χ3n) is 4.31. The normalized spacial score (nSPS) is 18.7. The van der Waals surface area contributed by atoms with Crippen LogP contribution in [0.2, 0.25) is 5.02 Å². The Morgan fingerprint density at radius 1 is 1.36 bits per heavy atom. The average Bonchev–Trinajstić information content (AvgIpc) is 2.53. The second kappa shape index (κ2) is 7.92. The first-order chi connectivity index (χ1) is 10.5. The molecule has 22 heavy (non-hydrogen) atoms. The maximum Gasteiger partial charge on any atom is 0.271 e. The van der Waals surface area contributed by atoms with Crippen molar-refractivity contribution in [3.8, 4) is 0 Å². The number of hydrazine groups is 1. The molecule has 1 amide bonds. The molecule has 1 saturated carbocycles. The summed E-state index contributed by atoms with van der Waals surface area (Å²) >= 11 is 5.88. The van der Waals surface area contributed by atoms with Crippen molar-refractivity contribution >= 4 is 23.2 Å². The minimum absolute atomic E-state index is 0.432. The van der Waals surface area contributed by atoms with Gasteiger partial charge in [0.25, 0.3) is 5.91 Å². The van der Waals surface area contributed by atoms with Crippen LogP contribution in [0, 0.1) is 5.92 Å². The summed E-state index contributed by atoms with van der Waals surface area (Å²) in [5.41, 5.74) is 6.45. The largest absolute Gasteiger partial charge is 0.382 e. The fourth-order valence-electron chi connectivity index (χ4n) is 3.02. The number of carbonyl (C=O) groups excluding carboxylic acids is 1. The zero-order valence-electron chi connectivity index (χ0n) is 12.6. The SMILES string of the molecule is N[C@H](CC1CCCCC1)C(O)C(=O)N(N)c1cccc(Cl)c1. The molecule has 1 aliphatic rings. The summed E-state index contributed by atoms with van der Waals surface area (Å²) in [7, 11) is 0. The van der Waals surface area contributed by atoms with Gasteiger partial charge in [0, 0.05) is 11.1 Å². The number of benzene rings is 1. The van der Waals surface area contributed by atoms with E-state index in [2.05, 4.69) is 0 Å². The lowest BCUT2D eigenvalue weighted by molar-refractivity contribution is -0.127. The van der Waals surface area contributed by atoms with Gasteiger partial charge in [0.2, 0.25) is 0 Å². The number of aliphatic hydroxyl groups excluding tert-OH is 1. The van der Waals surface area contributed by atoms with Crippen LogP contribution in [0.3, 0.4) is 0 Å². The van der Waals surface area contributed by atoms with E-state index in [1.807, 2.05) is 0 Å². The Balaban J connectivity index is 1.95. The van der Waals surface area contributed by atoms with E-state index in [0.717, 1.165) is 17.9 Å². The maximum absolute atomic E-state index is 12.3. The first-order valence-corrected chi connectivity index (χ1v) is 8.14. The molecule has 0 saturated heterocycles. The van der Waals surface area contributed by atoms with E-state index >= 15 is 0 Å². The van der Waals surface area contributed by atoms with E-state index in [9.17, 15) is 9.90 Å². The zero-order valence-corrected chi connectivity index (χ0v) is 13.4. The van der Waals surface area contributed by atoms with Gasteiger partial charge in [0.15, 0.2) is 0 Å². The van der Waals surface area contributed by atoms with Crippen molar-refractivity contribution in [3.63, 3.8) is 0 Å². The van der Waals surface area contributed by atoms with Crippen molar-refractivity contribution in [2.45, 2.75) is 50.7 Å². The lowest BCUT2D eigenvalue weighted by Gasteiger charge is -2.28. The molecule has 1 aromatic rings. The molecule has 5 nitrogen and oxygen atoms in total. The third-order valence-corrected chi connectivity index (χ3v) is 4.55. The molecule has 2 rings (SSSR count). The molecule has 0 aliphatic heterocycles. The van der Waals surface area contributed by atoms with Crippen LogP contribution in [0.15, 0.2) is 24.3 Å². The Morgan fingerprint density at radius 3 is 2.68 bits per heavy atom. The van der Waals surface area contributed by atoms with Gasteiger partial charge in [-0.05, 0) is 30.5 Å². The van der Waals surface area contributed by atoms with E-state index in [0.29, 0.717) is 23.0 Å². The highest BCUT2D eigenvalue weighted by atomic mass is 35.5. The molecule has 2 atom stereocenters. The minimum Gasteiger partial charge on any atom is -0.382 e. The number of hydrogen-bond acceptors (Lipinski definition) is 4. The lowest BCUT2D eigenvalue weighted by Crippen LogP contribution is -2.51. The molecule has 0 radical (unpaired) electrons. The van der Waals surface area contributed by atoms with Gasteiger partial charge in [-0.2, -0.15) is 0 Å². The topological polar surface area (TPSA) is 92.6 Å². The smallest absolute Gasteiger partial charge is 0.271 e. The van der Waals surface area contributed by atoms with Gasteiger partial charge < -0.3 is 10.8 Å². The van der Waals surface area contributed by atoms with Crippen molar-refractivity contribution in [1.82, 2.24) is 0 Å². The first kappa shape index (κ1) is 17.2. The molecule has 0 heterocycles. The molecule has 122 valence electrons. The molecule has 1 fully saturated rings. The molecule has 1 unspecified atom stereocenters. The highest BCUT2D eigenvalue weighted by molar-refractivity contribution is 6.30. The summed E-state index contributed by atoms with van der Waals surface area (Å²) in [5.74, 6) is 5.67. The van der Waals surface area contributed by atoms with Gasteiger partial charge in [-0.3, -0.25) is 4.79 Å². The first-order valence-electron chi connectivity index (χ1n) is 7.77. The van der Waals surface area contributed by atoms with Crippen molar-refractivity contribution < 1.29 is 9.90 Å². The second-order valence-corrected chi connectivity index (χ2v) is 6.47. The quantitative estimate of drug-likeness (QED) is 0.439. The molecule has 0 bridgehead atoms. The van der Waals surface area contributed by atoms with Crippen molar-refractivity contribution in [2.75, 3.05) is 5.01 Å². The van der Waals surface area contributed by atoms with E-state index in [-0.39, 0.29) is 0 Å². The van der Waals surface area contributed by atoms with E-state index in [1.165, 1.54) is 19.3 Å². The van der Waals surface area contributed by atoms with Gasteiger partial charge >= 0.3 is 0 Å². The van der Waals surface area contributed by atoms with Crippen LogP contribution in [0.25, 0.3) is 0 Å². The Hall–Kier alpha value is -1.14. The number of aliphatic hydroxyl groups is 1. The van der Waals surface area contributed by atoms with E-state index < -0.39 is 18.1 Å². The second-order valence-electron chi connectivity index (χ2n) is 6.04. The molecule has 0 spiro atoms. The molecular weight excluding hydrogens is 302 g/mol. The molecule has 6 heteroatoms. The van der Waals surface area contributed by atoms with E-state index in [4.69, 9.17) is 23.2 Å². The Kier molecular flexibility index (Phi) is 6.20. The molecule has 5 N–H and O–H groups in total. The summed E-state index contributed by atoms with van der Waals surface area (Å²) in [4.78, 5) is 12.3. The number of anilines is 1. The maximum atomic E-state index is 12.3. The Bertz CT molecular complexity index is 506. The van der Waals surface area contributed by atoms with Crippen LogP contribution in [0.5, 0.6) is 0 Å². The number of hydrogen-bond donors (Lipinski definition) is 3. The van der Waals surface area contributed by atoms with Crippen LogP contribution in [0.1, 0.15) is 38.5 Å². The molecule has 1 aliphatic carbocycles. The summed E-state index contributed by atoms with van der Waals surface area (Å²) in [5, 5.41) is 11.6. The predicted octanol–water partition coefficient (Wildman–Crippen LogP) is 2.21. The number of rotatable bonds is 5. The highest BCUT2D eigenvalue weighted by Crippen LogP contribution is 2.28. The van der Waals surface area contributed by atoms with Gasteiger partial charge in [0.1, 0.15) is 6.10 Å². The van der Waals surface area contributed by atoms with Crippen LogP contribution >= 0.6 is 11.6 Å². The standard InChI is InChI=1S/C16H24ClN3O2/c17-12-7-4-8-13(10-12)20(19)16(22)15(21)14(18)9-11-5-2-1-3-6-11/h4,7-8,10-11,14-15,21H,1-3,5-6,9,18-19H2/t14-,15?/m1/s1. The monoisotopic (exact) mass is 325 g/mol. The van der Waals surface area contributed by atoms with Gasteiger partial charge in [-0.25, -0.2) is 10.9 Å². The number of amides is 1. The summed E-state index contributed by atoms with van der Waals surface area (Å²) in [6.45, 7) is 0. The predicted molar refractivity (Wildman–Crippen MR) is 88.3 cm³/mol. The van der Waals surface area contributed by atoms with Crippen molar-refractivity contribution in [2.24, 2.45) is 17.5 Å². The van der Waals surface area contributed by atoms with Crippen LogP contribution in [-0.2, 0) is 4.79 Å². The summed E-state index contributed by atoms with van der Waals surface area (Å²) in [6.07, 6.45) is 5.25. The van der Waals surface area contributed by atoms with Gasteiger partial charge in [0.05, 0.1) is 5.69 Å². The zero-order chi connectivity index (χ0) is 16.1. The van der Waals surface area contributed by atoms with Crippen molar-refractivity contribution in [3.05, 3.63) is 29.3 Å². The summed E-state index contributed by atoms with van der Waals surface area (Å²) in [6, 6.07) is 6.01. The van der Waals surface area contributed by atoms with Crippen LogP contribution in [0.4, 0.5) is 5.69 Å². The molecule has 1 aromatic carbocycles. The lowest BCUT2D eigenvalue weighted by atomic mass is 9.84. The number of nitrogens with two attached hydrogens (primary N) is 2. The van der Waals surface area contributed by atoms with Gasteiger partial charge in [-0.1, -0.05) is 49.8 Å². The summed E-state index contributed by atoms with van der Waals surface area (Å²) < 4.78 is 0. The van der Waals surface area contributed by atoms with Crippen LogP contribution in [-0.4, -0.2) is 23.2 Å². The number of nitrogens with zero attached hydrogens (tertiary/aromatic N) is 1.